The molecule has 2 nitrogen and oxygen atoms in total. The minimum atomic E-state index is 0.103. The van der Waals surface area contributed by atoms with Gasteiger partial charge < -0.3 is 10.5 Å². The van der Waals surface area contributed by atoms with E-state index in [-0.39, 0.29) is 6.04 Å². The Hall–Kier alpha value is -1.02. The fourth-order valence-electron chi connectivity index (χ4n) is 1.55. The van der Waals surface area contributed by atoms with Crippen molar-refractivity contribution in [1.29, 1.82) is 0 Å². The molecule has 2 N–H and O–H groups in total. The van der Waals surface area contributed by atoms with E-state index < -0.39 is 0 Å². The fraction of sp³-hybridized carbons (Fsp3) is 0.500. The minimum Gasteiger partial charge on any atom is -0.496 e. The van der Waals surface area contributed by atoms with E-state index in [1.165, 1.54) is 12.8 Å². The van der Waals surface area contributed by atoms with Crippen LogP contribution in [0.3, 0.4) is 0 Å². The summed E-state index contributed by atoms with van der Waals surface area (Å²) in [4.78, 5) is 0. The van der Waals surface area contributed by atoms with Crippen LogP contribution in [-0.2, 0) is 0 Å². The van der Waals surface area contributed by atoms with E-state index in [0.717, 1.165) is 17.7 Å². The van der Waals surface area contributed by atoms with Crippen LogP contribution in [0.15, 0.2) is 24.3 Å². The van der Waals surface area contributed by atoms with Crippen molar-refractivity contribution in [3.05, 3.63) is 29.8 Å². The van der Waals surface area contributed by atoms with Crippen LogP contribution in [0.5, 0.6) is 5.75 Å². The van der Waals surface area contributed by atoms with E-state index in [1.807, 2.05) is 24.3 Å². The molecule has 0 saturated carbocycles. The molecule has 0 amide bonds. The van der Waals surface area contributed by atoms with Gasteiger partial charge in [0.2, 0.25) is 0 Å². The molecular weight excluding hydrogens is 174 g/mol. The molecule has 0 aliphatic carbocycles. The number of para-hydroxylation sites is 1. The molecule has 0 radical (unpaired) electrons. The van der Waals surface area contributed by atoms with Gasteiger partial charge in [-0.25, -0.2) is 0 Å². The zero-order valence-electron chi connectivity index (χ0n) is 8.99. The first-order valence-corrected chi connectivity index (χ1v) is 5.18. The van der Waals surface area contributed by atoms with Crippen LogP contribution in [0, 0.1) is 0 Å². The third-order valence-electron chi connectivity index (χ3n) is 2.41. The van der Waals surface area contributed by atoms with E-state index in [0.29, 0.717) is 0 Å². The molecule has 78 valence electrons. The van der Waals surface area contributed by atoms with Gasteiger partial charge >= 0.3 is 0 Å². The van der Waals surface area contributed by atoms with Crippen LogP contribution in [0.2, 0.25) is 0 Å². The van der Waals surface area contributed by atoms with Crippen LogP contribution in [0.1, 0.15) is 37.8 Å². The maximum Gasteiger partial charge on any atom is 0.123 e. The number of ether oxygens (including phenoxy) is 1. The summed E-state index contributed by atoms with van der Waals surface area (Å²) in [6.45, 7) is 2.18. The predicted molar refractivity (Wildman–Crippen MR) is 59.4 cm³/mol. The molecule has 2 heteroatoms. The Labute approximate surface area is 86.1 Å². The minimum absolute atomic E-state index is 0.103. The summed E-state index contributed by atoms with van der Waals surface area (Å²) in [5.41, 5.74) is 7.19. The molecule has 14 heavy (non-hydrogen) atoms. The highest BCUT2D eigenvalue weighted by Crippen LogP contribution is 2.26. The molecule has 0 saturated heterocycles. The highest BCUT2D eigenvalue weighted by atomic mass is 16.5. The average molecular weight is 193 g/mol. The molecule has 1 aromatic carbocycles. The van der Waals surface area contributed by atoms with Gasteiger partial charge in [-0.3, -0.25) is 0 Å². The van der Waals surface area contributed by atoms with Crippen LogP contribution < -0.4 is 10.5 Å². The van der Waals surface area contributed by atoms with Crippen LogP contribution in [0.4, 0.5) is 0 Å². The Balaban J connectivity index is 2.72. The van der Waals surface area contributed by atoms with Crippen molar-refractivity contribution in [3.8, 4) is 5.75 Å². The van der Waals surface area contributed by atoms with Crippen molar-refractivity contribution < 1.29 is 4.74 Å². The summed E-state index contributed by atoms with van der Waals surface area (Å²) in [5, 5.41) is 0. The molecule has 0 heterocycles. The molecular formula is C12H19NO. The molecule has 0 bridgehead atoms. The predicted octanol–water partition coefficient (Wildman–Crippen LogP) is 2.89. The Morgan fingerprint density at radius 3 is 2.71 bits per heavy atom. The molecule has 0 aliphatic rings. The average Bonchev–Trinajstić information content (AvgIpc) is 2.25. The van der Waals surface area contributed by atoms with Crippen molar-refractivity contribution in [3.63, 3.8) is 0 Å². The van der Waals surface area contributed by atoms with Gasteiger partial charge in [0.15, 0.2) is 0 Å². The van der Waals surface area contributed by atoms with Crippen molar-refractivity contribution >= 4 is 0 Å². The molecule has 1 aromatic rings. The molecule has 0 aromatic heterocycles. The molecule has 0 fully saturated rings. The number of hydrogen-bond donors (Lipinski definition) is 1. The lowest BCUT2D eigenvalue weighted by atomic mass is 10.0. The van der Waals surface area contributed by atoms with E-state index in [9.17, 15) is 0 Å². The highest BCUT2D eigenvalue weighted by molar-refractivity contribution is 5.35. The van der Waals surface area contributed by atoms with Crippen LogP contribution in [0.25, 0.3) is 0 Å². The number of unbranched alkanes of at least 4 members (excludes halogenated alkanes) is 1. The number of rotatable bonds is 5. The van der Waals surface area contributed by atoms with E-state index >= 15 is 0 Å². The Morgan fingerprint density at radius 2 is 2.07 bits per heavy atom. The zero-order valence-corrected chi connectivity index (χ0v) is 8.99. The monoisotopic (exact) mass is 193 g/mol. The summed E-state index contributed by atoms with van der Waals surface area (Å²) >= 11 is 0. The van der Waals surface area contributed by atoms with Gasteiger partial charge in [0.05, 0.1) is 7.11 Å². The number of hydrogen-bond acceptors (Lipinski definition) is 2. The van der Waals surface area contributed by atoms with Gasteiger partial charge in [0.1, 0.15) is 5.75 Å². The third kappa shape index (κ3) is 2.74. The van der Waals surface area contributed by atoms with Crippen molar-refractivity contribution in [2.75, 3.05) is 7.11 Å². The molecule has 1 atom stereocenters. The van der Waals surface area contributed by atoms with Crippen molar-refractivity contribution in [2.24, 2.45) is 5.73 Å². The maximum atomic E-state index is 6.08. The quantitative estimate of drug-likeness (QED) is 0.780. The standard InChI is InChI=1S/C12H19NO/c1-3-4-8-11(13)10-7-5-6-9-12(10)14-2/h5-7,9,11H,3-4,8,13H2,1-2H3/t11-/m1/s1. The SMILES string of the molecule is CCCC[C@@H](N)c1ccccc1OC. The van der Waals surface area contributed by atoms with Gasteiger partial charge in [0, 0.05) is 11.6 Å². The van der Waals surface area contributed by atoms with Crippen molar-refractivity contribution in [1.82, 2.24) is 0 Å². The van der Waals surface area contributed by atoms with E-state index in [2.05, 4.69) is 6.92 Å². The Bertz CT molecular complexity index is 273. The first-order chi connectivity index (χ1) is 6.79. The molecule has 0 aliphatic heterocycles. The second-order valence-corrected chi connectivity index (χ2v) is 3.49. The Morgan fingerprint density at radius 1 is 1.36 bits per heavy atom. The van der Waals surface area contributed by atoms with Crippen LogP contribution in [-0.4, -0.2) is 7.11 Å². The van der Waals surface area contributed by atoms with E-state index in [1.54, 1.807) is 7.11 Å². The topological polar surface area (TPSA) is 35.2 Å². The lowest BCUT2D eigenvalue weighted by Gasteiger charge is -2.14. The van der Waals surface area contributed by atoms with Gasteiger partial charge in [-0.2, -0.15) is 0 Å². The van der Waals surface area contributed by atoms with Gasteiger partial charge in [0.25, 0.3) is 0 Å². The maximum absolute atomic E-state index is 6.08. The molecule has 0 spiro atoms. The lowest BCUT2D eigenvalue weighted by Crippen LogP contribution is -2.11. The van der Waals surface area contributed by atoms with Gasteiger partial charge in [-0.1, -0.05) is 38.0 Å². The first kappa shape index (κ1) is 11.1. The smallest absolute Gasteiger partial charge is 0.123 e. The van der Waals surface area contributed by atoms with Gasteiger partial charge in [-0.05, 0) is 12.5 Å². The van der Waals surface area contributed by atoms with Crippen LogP contribution >= 0.6 is 0 Å². The number of benzene rings is 1. The summed E-state index contributed by atoms with van der Waals surface area (Å²) in [6, 6.07) is 8.07. The summed E-state index contributed by atoms with van der Waals surface area (Å²) in [6.07, 6.45) is 3.37. The highest BCUT2D eigenvalue weighted by Gasteiger charge is 2.09. The Kier molecular flexibility index (Phi) is 4.47. The van der Waals surface area contributed by atoms with E-state index in [4.69, 9.17) is 10.5 Å². The summed E-state index contributed by atoms with van der Waals surface area (Å²) in [7, 11) is 1.69. The number of nitrogens with two attached hydrogens (primary N) is 1. The second kappa shape index (κ2) is 5.66. The summed E-state index contributed by atoms with van der Waals surface area (Å²) in [5.74, 6) is 0.899. The second-order valence-electron chi connectivity index (χ2n) is 3.49. The largest absolute Gasteiger partial charge is 0.496 e. The first-order valence-electron chi connectivity index (χ1n) is 5.18. The van der Waals surface area contributed by atoms with Gasteiger partial charge in [-0.15, -0.1) is 0 Å². The number of methoxy groups -OCH3 is 1. The molecule has 0 unspecified atom stereocenters. The normalized spacial score (nSPS) is 12.5. The summed E-state index contributed by atoms with van der Waals surface area (Å²) < 4.78 is 5.27. The molecule has 1 rings (SSSR count). The lowest BCUT2D eigenvalue weighted by molar-refractivity contribution is 0.403. The fourth-order valence-corrected chi connectivity index (χ4v) is 1.55. The third-order valence-corrected chi connectivity index (χ3v) is 2.41. The van der Waals surface area contributed by atoms with Crippen molar-refractivity contribution in [2.45, 2.75) is 32.2 Å². The zero-order chi connectivity index (χ0) is 10.4.